The van der Waals surface area contributed by atoms with Gasteiger partial charge in [-0.15, -0.1) is 0 Å². The van der Waals surface area contributed by atoms with Crippen molar-refractivity contribution in [2.45, 2.75) is 26.4 Å². The Kier molecular flexibility index (Phi) is 4.79. The third-order valence-corrected chi connectivity index (χ3v) is 2.24. The van der Waals surface area contributed by atoms with Crippen molar-refractivity contribution in [3.05, 3.63) is 34.9 Å². The van der Waals surface area contributed by atoms with Crippen LogP contribution >= 0.6 is 0 Å². The van der Waals surface area contributed by atoms with E-state index in [2.05, 4.69) is 0 Å². The lowest BCUT2D eigenvalue weighted by atomic mass is 10.00. The zero-order chi connectivity index (χ0) is 14.4. The predicted octanol–water partition coefficient (Wildman–Crippen LogP) is 1.95. The Bertz CT molecular complexity index is 592. The molecular formula is C14H12N2O3. The molecule has 0 N–H and O–H groups in total. The topological polar surface area (TPSA) is 90.9 Å². The first-order valence-corrected chi connectivity index (χ1v) is 5.65. The van der Waals surface area contributed by atoms with Crippen molar-refractivity contribution in [3.63, 3.8) is 0 Å². The van der Waals surface area contributed by atoms with E-state index in [1.807, 2.05) is 12.1 Å². The molecule has 1 aromatic rings. The van der Waals surface area contributed by atoms with Crippen LogP contribution in [0.5, 0.6) is 0 Å². The number of Topliss-reactive ketones (excluding diaryl/α,β-unsaturated/α-hetero) is 1. The molecule has 0 aliphatic heterocycles. The molecule has 0 unspecified atom stereocenters. The number of hydrogen-bond donors (Lipinski definition) is 0. The average Bonchev–Trinajstić information content (AvgIpc) is 2.36. The molecule has 5 nitrogen and oxygen atoms in total. The summed E-state index contributed by atoms with van der Waals surface area (Å²) in [5, 5.41) is 17.7. The fraction of sp³-hybridized carbons (Fsp3) is 0.286. The van der Waals surface area contributed by atoms with Crippen LogP contribution in [-0.2, 0) is 9.53 Å². The lowest BCUT2D eigenvalue weighted by Crippen LogP contribution is -2.16. The maximum absolute atomic E-state index is 11.9. The smallest absolute Gasteiger partial charge is 0.313 e. The standard InChI is InChI=1S/C14H12N2O3/c1-9(2)19-14(18)6-13(17)12-5-10(7-15)3-4-11(12)8-16/h3-5,9H,6H2,1-2H3. The van der Waals surface area contributed by atoms with Crippen LogP contribution in [0.3, 0.4) is 0 Å². The summed E-state index contributed by atoms with van der Waals surface area (Å²) < 4.78 is 4.86. The minimum absolute atomic E-state index is 0.0715. The van der Waals surface area contributed by atoms with Gasteiger partial charge in [0.15, 0.2) is 5.78 Å². The summed E-state index contributed by atoms with van der Waals surface area (Å²) in [6, 6.07) is 7.88. The second-order valence-corrected chi connectivity index (χ2v) is 4.12. The van der Waals surface area contributed by atoms with Gasteiger partial charge in [0, 0.05) is 5.56 Å². The first-order valence-electron chi connectivity index (χ1n) is 5.65. The minimum atomic E-state index is -0.647. The van der Waals surface area contributed by atoms with Crippen molar-refractivity contribution in [3.8, 4) is 12.1 Å². The Hall–Kier alpha value is -2.66. The normalized spacial score (nSPS) is 9.53. The largest absolute Gasteiger partial charge is 0.463 e. The summed E-state index contributed by atoms with van der Waals surface area (Å²) >= 11 is 0. The summed E-state index contributed by atoms with van der Waals surface area (Å²) in [6.45, 7) is 3.36. The van der Waals surface area contributed by atoms with E-state index in [0.29, 0.717) is 0 Å². The Labute approximate surface area is 111 Å². The number of carbonyl (C=O) groups excluding carboxylic acids is 2. The number of carbonyl (C=O) groups is 2. The Morgan fingerprint density at radius 2 is 1.95 bits per heavy atom. The van der Waals surface area contributed by atoms with Crippen molar-refractivity contribution in [2.24, 2.45) is 0 Å². The highest BCUT2D eigenvalue weighted by Gasteiger charge is 2.17. The highest BCUT2D eigenvalue weighted by Crippen LogP contribution is 2.14. The van der Waals surface area contributed by atoms with Crippen molar-refractivity contribution in [1.82, 2.24) is 0 Å². The molecule has 0 spiro atoms. The number of ether oxygens (including phenoxy) is 1. The van der Waals surface area contributed by atoms with E-state index < -0.39 is 18.2 Å². The van der Waals surface area contributed by atoms with Gasteiger partial charge in [-0.1, -0.05) is 0 Å². The molecule has 5 heteroatoms. The molecule has 0 radical (unpaired) electrons. The van der Waals surface area contributed by atoms with Gasteiger partial charge in [0.05, 0.1) is 29.4 Å². The van der Waals surface area contributed by atoms with Crippen LogP contribution in [-0.4, -0.2) is 17.9 Å². The first kappa shape index (κ1) is 14.4. The average molecular weight is 256 g/mol. The molecular weight excluding hydrogens is 244 g/mol. The molecule has 0 heterocycles. The van der Waals surface area contributed by atoms with Crippen molar-refractivity contribution < 1.29 is 14.3 Å². The number of hydrogen-bond acceptors (Lipinski definition) is 5. The van der Waals surface area contributed by atoms with Crippen molar-refractivity contribution in [2.75, 3.05) is 0 Å². The molecule has 0 saturated carbocycles. The molecule has 0 saturated heterocycles. The third-order valence-electron chi connectivity index (χ3n) is 2.24. The summed E-state index contributed by atoms with van der Waals surface area (Å²) in [5.41, 5.74) is 0.475. The second-order valence-electron chi connectivity index (χ2n) is 4.12. The van der Waals surface area contributed by atoms with Crippen LogP contribution in [0.2, 0.25) is 0 Å². The number of esters is 1. The number of rotatable bonds is 4. The van der Waals surface area contributed by atoms with E-state index in [-0.39, 0.29) is 22.8 Å². The molecule has 1 aromatic carbocycles. The molecule has 1 rings (SSSR count). The fourth-order valence-electron chi connectivity index (χ4n) is 1.47. The van der Waals surface area contributed by atoms with Crippen LogP contribution in [0.1, 0.15) is 41.8 Å². The maximum atomic E-state index is 11.9. The van der Waals surface area contributed by atoms with E-state index in [1.165, 1.54) is 18.2 Å². The van der Waals surface area contributed by atoms with Gasteiger partial charge in [-0.2, -0.15) is 10.5 Å². The third kappa shape index (κ3) is 3.93. The summed E-state index contributed by atoms with van der Waals surface area (Å²) in [5.74, 6) is -1.18. The Morgan fingerprint density at radius 3 is 2.47 bits per heavy atom. The molecule has 96 valence electrons. The van der Waals surface area contributed by atoms with E-state index in [4.69, 9.17) is 15.3 Å². The van der Waals surface area contributed by atoms with Gasteiger partial charge in [0.2, 0.25) is 0 Å². The molecule has 0 fully saturated rings. The summed E-state index contributed by atoms with van der Waals surface area (Å²) in [6.07, 6.45) is -0.747. The van der Waals surface area contributed by atoms with Gasteiger partial charge in [-0.3, -0.25) is 9.59 Å². The van der Waals surface area contributed by atoms with Crippen LogP contribution in [0.25, 0.3) is 0 Å². The lowest BCUT2D eigenvalue weighted by molar-refractivity contribution is -0.146. The Morgan fingerprint density at radius 1 is 1.26 bits per heavy atom. The summed E-state index contributed by atoms with van der Waals surface area (Å²) in [7, 11) is 0. The van der Waals surface area contributed by atoms with Crippen LogP contribution in [0, 0.1) is 22.7 Å². The lowest BCUT2D eigenvalue weighted by Gasteiger charge is -2.08. The summed E-state index contributed by atoms with van der Waals surface area (Å²) in [4.78, 5) is 23.3. The molecule has 0 aliphatic carbocycles. The molecule has 0 bridgehead atoms. The monoisotopic (exact) mass is 256 g/mol. The van der Waals surface area contributed by atoms with Crippen LogP contribution < -0.4 is 0 Å². The van der Waals surface area contributed by atoms with Crippen LogP contribution in [0.15, 0.2) is 18.2 Å². The van der Waals surface area contributed by atoms with E-state index >= 15 is 0 Å². The van der Waals surface area contributed by atoms with Gasteiger partial charge in [0.1, 0.15) is 6.42 Å². The van der Waals surface area contributed by atoms with Gasteiger partial charge >= 0.3 is 5.97 Å². The quantitative estimate of drug-likeness (QED) is 0.466. The predicted molar refractivity (Wildman–Crippen MR) is 66.0 cm³/mol. The van der Waals surface area contributed by atoms with Crippen molar-refractivity contribution >= 4 is 11.8 Å². The van der Waals surface area contributed by atoms with E-state index in [0.717, 1.165) is 0 Å². The SMILES string of the molecule is CC(C)OC(=O)CC(=O)c1cc(C#N)ccc1C#N. The number of nitriles is 2. The maximum Gasteiger partial charge on any atom is 0.313 e. The fourth-order valence-corrected chi connectivity index (χ4v) is 1.47. The number of benzene rings is 1. The van der Waals surface area contributed by atoms with E-state index in [1.54, 1.807) is 13.8 Å². The number of nitrogens with zero attached hydrogens (tertiary/aromatic N) is 2. The number of ketones is 1. The molecule has 19 heavy (non-hydrogen) atoms. The van der Waals surface area contributed by atoms with Gasteiger partial charge in [-0.05, 0) is 32.0 Å². The van der Waals surface area contributed by atoms with E-state index in [9.17, 15) is 9.59 Å². The van der Waals surface area contributed by atoms with Crippen LogP contribution in [0.4, 0.5) is 0 Å². The second kappa shape index (κ2) is 6.32. The highest BCUT2D eigenvalue weighted by molar-refractivity contribution is 6.07. The first-order chi connectivity index (χ1) is 8.97. The zero-order valence-corrected chi connectivity index (χ0v) is 10.6. The molecule has 0 aliphatic rings. The molecule has 0 amide bonds. The van der Waals surface area contributed by atoms with Gasteiger partial charge < -0.3 is 4.74 Å². The van der Waals surface area contributed by atoms with Gasteiger partial charge in [0.25, 0.3) is 0 Å². The molecule has 0 aromatic heterocycles. The zero-order valence-electron chi connectivity index (χ0n) is 10.6. The minimum Gasteiger partial charge on any atom is -0.463 e. The molecule has 0 atom stereocenters. The van der Waals surface area contributed by atoms with Crippen molar-refractivity contribution in [1.29, 1.82) is 10.5 Å². The highest BCUT2D eigenvalue weighted by atomic mass is 16.5. The van der Waals surface area contributed by atoms with Gasteiger partial charge in [-0.25, -0.2) is 0 Å². The Balaban J connectivity index is 2.97.